The van der Waals surface area contributed by atoms with E-state index in [9.17, 15) is 0 Å². The Balaban J connectivity index is 2.14. The molecule has 3 heteroatoms. The molecule has 19 heavy (non-hydrogen) atoms. The van der Waals surface area contributed by atoms with Gasteiger partial charge in [-0.25, -0.2) is 0 Å². The second kappa shape index (κ2) is 6.15. The van der Waals surface area contributed by atoms with Crippen molar-refractivity contribution in [1.82, 2.24) is 0 Å². The van der Waals surface area contributed by atoms with E-state index < -0.39 is 0 Å². The van der Waals surface area contributed by atoms with Crippen LogP contribution in [0.4, 0.5) is 0 Å². The van der Waals surface area contributed by atoms with Crippen LogP contribution in [-0.2, 0) is 11.2 Å². The van der Waals surface area contributed by atoms with E-state index in [1.807, 2.05) is 13.0 Å². The minimum atomic E-state index is 0.388. The van der Waals surface area contributed by atoms with Gasteiger partial charge >= 0.3 is 0 Å². The van der Waals surface area contributed by atoms with Crippen LogP contribution in [0.5, 0.6) is 5.75 Å². The highest BCUT2D eigenvalue weighted by Gasteiger charge is 2.39. The van der Waals surface area contributed by atoms with Gasteiger partial charge in [0.2, 0.25) is 0 Å². The molecule has 0 spiro atoms. The van der Waals surface area contributed by atoms with Gasteiger partial charge in [-0.15, -0.1) is 0 Å². The largest absolute Gasteiger partial charge is 0.493 e. The minimum Gasteiger partial charge on any atom is -0.493 e. The Hall–Kier alpha value is -0.730. The molecule has 1 saturated heterocycles. The van der Waals surface area contributed by atoms with Crippen molar-refractivity contribution in [1.29, 1.82) is 0 Å². The van der Waals surface area contributed by atoms with E-state index in [1.165, 1.54) is 5.56 Å². The molecule has 1 aromatic rings. The van der Waals surface area contributed by atoms with Gasteiger partial charge in [0.1, 0.15) is 5.75 Å². The van der Waals surface area contributed by atoms with Gasteiger partial charge in [-0.2, -0.15) is 0 Å². The number of hydrogen-bond acceptors (Lipinski definition) is 2. The number of hydrogen-bond donors (Lipinski definition) is 0. The molecule has 106 valence electrons. The Morgan fingerprint density at radius 2 is 2.11 bits per heavy atom. The maximum atomic E-state index is 6.24. The summed E-state index contributed by atoms with van der Waals surface area (Å²) in [7, 11) is 0. The van der Waals surface area contributed by atoms with Crippen LogP contribution in [0.1, 0.15) is 38.3 Å². The minimum absolute atomic E-state index is 0.388. The summed E-state index contributed by atoms with van der Waals surface area (Å²) >= 11 is 6.24. The molecule has 1 heterocycles. The number of halogens is 1. The Kier molecular flexibility index (Phi) is 4.75. The van der Waals surface area contributed by atoms with Crippen LogP contribution >= 0.6 is 11.6 Å². The molecule has 0 amide bonds. The highest BCUT2D eigenvalue weighted by atomic mass is 35.5. The van der Waals surface area contributed by atoms with Crippen LogP contribution in [0.3, 0.4) is 0 Å². The molecule has 1 aliphatic rings. The topological polar surface area (TPSA) is 21.8 Å². The summed E-state index contributed by atoms with van der Waals surface area (Å²) < 4.78 is 11.4. The molecular formula is C16H23ClO2. The van der Waals surface area contributed by atoms with E-state index in [4.69, 9.17) is 21.1 Å². The fourth-order valence-electron chi connectivity index (χ4n) is 2.46. The zero-order valence-electron chi connectivity index (χ0n) is 12.2. The quantitative estimate of drug-likeness (QED) is 0.721. The Bertz CT molecular complexity index is 445. The monoisotopic (exact) mass is 282 g/mol. The first kappa shape index (κ1) is 14.7. The van der Waals surface area contributed by atoms with Crippen LogP contribution in [0.15, 0.2) is 12.1 Å². The Morgan fingerprint density at radius 1 is 1.42 bits per heavy atom. The molecule has 0 aliphatic carbocycles. The maximum absolute atomic E-state index is 6.24. The maximum Gasteiger partial charge on any atom is 0.122 e. The average molecular weight is 283 g/mol. The predicted octanol–water partition coefficient (Wildman–Crippen LogP) is 4.40. The van der Waals surface area contributed by atoms with E-state index in [0.29, 0.717) is 18.1 Å². The highest BCUT2D eigenvalue weighted by Crippen LogP contribution is 2.34. The van der Waals surface area contributed by atoms with Crippen molar-refractivity contribution in [3.05, 3.63) is 28.3 Å². The number of aryl methyl sites for hydroxylation is 1. The van der Waals surface area contributed by atoms with Crippen molar-refractivity contribution in [3.63, 3.8) is 0 Å². The first-order valence-corrected chi connectivity index (χ1v) is 7.48. The third-order valence-electron chi connectivity index (χ3n) is 3.66. The van der Waals surface area contributed by atoms with E-state index in [0.717, 1.165) is 35.8 Å². The lowest BCUT2D eigenvalue weighted by Crippen LogP contribution is -2.10. The van der Waals surface area contributed by atoms with E-state index >= 15 is 0 Å². The van der Waals surface area contributed by atoms with E-state index in [-0.39, 0.29) is 0 Å². The molecule has 2 nitrogen and oxygen atoms in total. The molecule has 0 N–H and O–H groups in total. The molecule has 1 aliphatic heterocycles. The third kappa shape index (κ3) is 3.64. The Labute approximate surface area is 121 Å². The first-order chi connectivity index (χ1) is 9.02. The van der Waals surface area contributed by atoms with E-state index in [2.05, 4.69) is 26.8 Å². The zero-order chi connectivity index (χ0) is 14.0. The summed E-state index contributed by atoms with van der Waals surface area (Å²) in [5, 5.41) is 0.816. The van der Waals surface area contributed by atoms with Crippen molar-refractivity contribution in [2.45, 2.75) is 52.7 Å². The fraction of sp³-hybridized carbons (Fsp3) is 0.625. The highest BCUT2D eigenvalue weighted by molar-refractivity contribution is 6.31. The zero-order valence-corrected chi connectivity index (χ0v) is 13.0. The van der Waals surface area contributed by atoms with Gasteiger partial charge in [0.05, 0.1) is 18.8 Å². The van der Waals surface area contributed by atoms with Crippen LogP contribution in [0.25, 0.3) is 0 Å². The average Bonchev–Trinajstić information content (AvgIpc) is 3.09. The number of rotatable bonds is 6. The molecule has 3 atom stereocenters. The summed E-state index contributed by atoms with van der Waals surface area (Å²) in [6, 6.07) is 4.10. The summed E-state index contributed by atoms with van der Waals surface area (Å²) in [5.41, 5.74) is 2.26. The van der Waals surface area contributed by atoms with Crippen LogP contribution in [0, 0.1) is 12.8 Å². The standard InChI is InChI=1S/C16H23ClO2/c1-5-6-18-15-8-10(2)14(17)9-13(15)7-11(3)16-12(4)19-16/h8-9,11-12,16H,5-7H2,1-4H3. The lowest BCUT2D eigenvalue weighted by molar-refractivity contribution is 0.305. The van der Waals surface area contributed by atoms with Crippen molar-refractivity contribution >= 4 is 11.6 Å². The van der Waals surface area contributed by atoms with Gasteiger partial charge in [-0.1, -0.05) is 25.4 Å². The van der Waals surface area contributed by atoms with Gasteiger partial charge in [-0.3, -0.25) is 0 Å². The van der Waals surface area contributed by atoms with Crippen molar-refractivity contribution < 1.29 is 9.47 Å². The second-order valence-electron chi connectivity index (χ2n) is 5.54. The molecule has 3 unspecified atom stereocenters. The summed E-state index contributed by atoms with van der Waals surface area (Å²) in [5.74, 6) is 1.47. The van der Waals surface area contributed by atoms with Gasteiger partial charge in [-0.05, 0) is 55.9 Å². The molecule has 0 bridgehead atoms. The second-order valence-corrected chi connectivity index (χ2v) is 5.95. The summed E-state index contributed by atoms with van der Waals surface area (Å²) in [6.07, 6.45) is 2.75. The third-order valence-corrected chi connectivity index (χ3v) is 4.07. The van der Waals surface area contributed by atoms with E-state index in [1.54, 1.807) is 0 Å². The predicted molar refractivity (Wildman–Crippen MR) is 79.2 cm³/mol. The van der Waals surface area contributed by atoms with Gasteiger partial charge < -0.3 is 9.47 Å². The van der Waals surface area contributed by atoms with Crippen LogP contribution in [0.2, 0.25) is 5.02 Å². The van der Waals surface area contributed by atoms with Crippen LogP contribution in [-0.4, -0.2) is 18.8 Å². The molecule has 0 radical (unpaired) electrons. The molecule has 2 rings (SSSR count). The van der Waals surface area contributed by atoms with Crippen molar-refractivity contribution in [2.24, 2.45) is 5.92 Å². The van der Waals surface area contributed by atoms with Crippen molar-refractivity contribution in [2.75, 3.05) is 6.61 Å². The van der Waals surface area contributed by atoms with Gasteiger partial charge in [0.25, 0.3) is 0 Å². The first-order valence-electron chi connectivity index (χ1n) is 7.10. The smallest absolute Gasteiger partial charge is 0.122 e. The molecule has 0 aromatic heterocycles. The lowest BCUT2D eigenvalue weighted by Gasteiger charge is -2.16. The number of epoxide rings is 1. The number of ether oxygens (including phenoxy) is 2. The lowest BCUT2D eigenvalue weighted by atomic mass is 9.95. The molecule has 1 fully saturated rings. The Morgan fingerprint density at radius 3 is 2.68 bits per heavy atom. The summed E-state index contributed by atoms with van der Waals surface area (Å²) in [4.78, 5) is 0. The molecule has 0 saturated carbocycles. The van der Waals surface area contributed by atoms with Crippen LogP contribution < -0.4 is 4.74 Å². The molecular weight excluding hydrogens is 260 g/mol. The van der Waals surface area contributed by atoms with Gasteiger partial charge in [0.15, 0.2) is 0 Å². The summed E-state index contributed by atoms with van der Waals surface area (Å²) in [6.45, 7) is 9.23. The normalized spacial score (nSPS) is 23.2. The fourth-order valence-corrected chi connectivity index (χ4v) is 2.65. The molecule has 1 aromatic carbocycles. The van der Waals surface area contributed by atoms with Crippen molar-refractivity contribution in [3.8, 4) is 5.75 Å². The number of benzene rings is 1. The van der Waals surface area contributed by atoms with Gasteiger partial charge in [0, 0.05) is 5.02 Å². The SMILES string of the molecule is CCCOc1cc(C)c(Cl)cc1CC(C)C1OC1C.